The highest BCUT2D eigenvalue weighted by molar-refractivity contribution is 9.10. The van der Waals surface area contributed by atoms with E-state index in [0.29, 0.717) is 6.61 Å². The monoisotopic (exact) mass is 315 g/mol. The van der Waals surface area contributed by atoms with Gasteiger partial charge in [0.05, 0.1) is 31.4 Å². The normalized spacial score (nSPS) is 19.7. The van der Waals surface area contributed by atoms with E-state index >= 15 is 0 Å². The van der Waals surface area contributed by atoms with E-state index in [1.807, 2.05) is 13.0 Å². The van der Waals surface area contributed by atoms with Gasteiger partial charge in [0, 0.05) is 24.2 Å². The van der Waals surface area contributed by atoms with E-state index in [1.54, 1.807) is 14.2 Å². The first kappa shape index (κ1) is 13.6. The van der Waals surface area contributed by atoms with Crippen LogP contribution in [-0.4, -0.2) is 33.9 Å². The van der Waals surface area contributed by atoms with Gasteiger partial charge in [-0.25, -0.2) is 0 Å². The van der Waals surface area contributed by atoms with E-state index < -0.39 is 0 Å². The van der Waals surface area contributed by atoms with Crippen molar-refractivity contribution in [1.29, 1.82) is 0 Å². The highest BCUT2D eigenvalue weighted by Crippen LogP contribution is 2.41. The first-order chi connectivity index (χ1) is 8.69. The Labute approximate surface area is 116 Å². The van der Waals surface area contributed by atoms with Crippen molar-refractivity contribution >= 4 is 15.9 Å². The molecule has 0 aromatic heterocycles. The second kappa shape index (κ2) is 5.91. The Balaban J connectivity index is 2.46. The fourth-order valence-corrected chi connectivity index (χ4v) is 2.73. The number of hydrogen-bond acceptors (Lipinski definition) is 4. The number of morpholine rings is 1. The third kappa shape index (κ3) is 2.48. The van der Waals surface area contributed by atoms with Crippen LogP contribution in [0.15, 0.2) is 10.5 Å². The molecule has 1 heterocycles. The first-order valence-electron chi connectivity index (χ1n) is 5.92. The Kier molecular flexibility index (Phi) is 4.48. The van der Waals surface area contributed by atoms with Gasteiger partial charge < -0.3 is 19.5 Å². The SMILES string of the molecule is COc1cc(C2CNCCO2)c(OC)c(Br)c1C. The summed E-state index contributed by atoms with van der Waals surface area (Å²) in [7, 11) is 3.34. The van der Waals surface area contributed by atoms with Crippen LogP contribution < -0.4 is 14.8 Å². The van der Waals surface area contributed by atoms with Gasteiger partial charge in [0.1, 0.15) is 11.5 Å². The maximum Gasteiger partial charge on any atom is 0.139 e. The summed E-state index contributed by atoms with van der Waals surface area (Å²) < 4.78 is 17.6. The van der Waals surface area contributed by atoms with E-state index in [2.05, 4.69) is 21.2 Å². The lowest BCUT2D eigenvalue weighted by atomic mass is 10.0. The van der Waals surface area contributed by atoms with E-state index in [1.165, 1.54) is 0 Å². The Morgan fingerprint density at radius 1 is 1.39 bits per heavy atom. The Bertz CT molecular complexity index is 431. The molecule has 0 saturated carbocycles. The van der Waals surface area contributed by atoms with E-state index in [4.69, 9.17) is 14.2 Å². The fraction of sp³-hybridized carbons (Fsp3) is 0.538. The minimum absolute atomic E-state index is 0.000463. The van der Waals surface area contributed by atoms with Gasteiger partial charge in [-0.05, 0) is 28.9 Å². The lowest BCUT2D eigenvalue weighted by Crippen LogP contribution is -2.33. The zero-order valence-corrected chi connectivity index (χ0v) is 12.5. The van der Waals surface area contributed by atoms with Gasteiger partial charge in [0.15, 0.2) is 0 Å². The molecule has 1 N–H and O–H groups in total. The smallest absolute Gasteiger partial charge is 0.139 e. The molecule has 1 fully saturated rings. The topological polar surface area (TPSA) is 39.7 Å². The molecular weight excluding hydrogens is 298 g/mol. The summed E-state index contributed by atoms with van der Waals surface area (Å²) in [6.45, 7) is 4.38. The van der Waals surface area contributed by atoms with Gasteiger partial charge in [0.2, 0.25) is 0 Å². The highest BCUT2D eigenvalue weighted by atomic mass is 79.9. The number of methoxy groups -OCH3 is 2. The molecule has 1 aromatic carbocycles. The van der Waals surface area contributed by atoms with Crippen molar-refractivity contribution in [2.45, 2.75) is 13.0 Å². The highest BCUT2D eigenvalue weighted by Gasteiger charge is 2.24. The van der Waals surface area contributed by atoms with Gasteiger partial charge in [-0.15, -0.1) is 0 Å². The second-order valence-corrected chi connectivity index (χ2v) is 5.00. The van der Waals surface area contributed by atoms with Crippen molar-refractivity contribution in [3.05, 3.63) is 21.7 Å². The summed E-state index contributed by atoms with van der Waals surface area (Å²) in [6, 6.07) is 2.00. The standard InChI is InChI=1S/C13H18BrNO3/c1-8-10(16-2)6-9(13(17-3)12(8)14)11-7-15-4-5-18-11/h6,11,15H,4-5,7H2,1-3H3. The molecule has 0 radical (unpaired) electrons. The fourth-order valence-electron chi connectivity index (χ4n) is 2.14. The number of nitrogens with one attached hydrogen (secondary N) is 1. The summed E-state index contributed by atoms with van der Waals surface area (Å²) in [5.41, 5.74) is 2.04. The van der Waals surface area contributed by atoms with Gasteiger partial charge in [0.25, 0.3) is 0 Å². The van der Waals surface area contributed by atoms with E-state index in [-0.39, 0.29) is 6.10 Å². The predicted octanol–water partition coefficient (Wildman–Crippen LogP) is 2.44. The average molecular weight is 316 g/mol. The molecule has 1 aliphatic heterocycles. The predicted molar refractivity (Wildman–Crippen MR) is 73.5 cm³/mol. The lowest BCUT2D eigenvalue weighted by molar-refractivity contribution is 0.0260. The second-order valence-electron chi connectivity index (χ2n) is 4.20. The third-order valence-corrected chi connectivity index (χ3v) is 4.10. The molecule has 1 aromatic rings. The summed E-state index contributed by atoms with van der Waals surface area (Å²) in [4.78, 5) is 0. The van der Waals surface area contributed by atoms with Crippen molar-refractivity contribution in [2.24, 2.45) is 0 Å². The van der Waals surface area contributed by atoms with Crippen molar-refractivity contribution in [2.75, 3.05) is 33.9 Å². The molecule has 0 amide bonds. The number of halogens is 1. The summed E-state index contributed by atoms with van der Waals surface area (Å²) >= 11 is 3.57. The van der Waals surface area contributed by atoms with Gasteiger partial charge >= 0.3 is 0 Å². The lowest BCUT2D eigenvalue weighted by Gasteiger charge is -2.26. The maximum atomic E-state index is 5.78. The quantitative estimate of drug-likeness (QED) is 0.930. The zero-order valence-electron chi connectivity index (χ0n) is 10.9. The maximum absolute atomic E-state index is 5.78. The number of ether oxygens (including phenoxy) is 3. The van der Waals surface area contributed by atoms with E-state index in [0.717, 1.165) is 40.2 Å². The molecule has 1 atom stereocenters. The van der Waals surface area contributed by atoms with Gasteiger partial charge in [-0.1, -0.05) is 0 Å². The number of rotatable bonds is 3. The molecule has 5 heteroatoms. The van der Waals surface area contributed by atoms with Crippen LogP contribution in [0.4, 0.5) is 0 Å². The molecule has 0 spiro atoms. The molecule has 1 unspecified atom stereocenters. The van der Waals surface area contributed by atoms with Crippen molar-refractivity contribution in [3.8, 4) is 11.5 Å². The average Bonchev–Trinajstić information content (AvgIpc) is 2.42. The molecule has 0 bridgehead atoms. The zero-order chi connectivity index (χ0) is 13.1. The van der Waals surface area contributed by atoms with Crippen LogP contribution in [-0.2, 0) is 4.74 Å². The molecule has 1 aliphatic rings. The minimum atomic E-state index is -0.000463. The van der Waals surface area contributed by atoms with Crippen LogP contribution in [0.1, 0.15) is 17.2 Å². The Hall–Kier alpha value is -0.780. The van der Waals surface area contributed by atoms with Gasteiger partial charge in [-0.3, -0.25) is 0 Å². The molecule has 18 heavy (non-hydrogen) atoms. The van der Waals surface area contributed by atoms with Crippen LogP contribution in [0.5, 0.6) is 11.5 Å². The molecular formula is C13H18BrNO3. The van der Waals surface area contributed by atoms with Crippen LogP contribution in [0, 0.1) is 6.92 Å². The first-order valence-corrected chi connectivity index (χ1v) is 6.71. The largest absolute Gasteiger partial charge is 0.496 e. The van der Waals surface area contributed by atoms with Crippen molar-refractivity contribution < 1.29 is 14.2 Å². The Morgan fingerprint density at radius 2 is 2.17 bits per heavy atom. The summed E-state index contributed by atoms with van der Waals surface area (Å²) in [6.07, 6.45) is -0.000463. The molecule has 4 nitrogen and oxygen atoms in total. The third-order valence-electron chi connectivity index (χ3n) is 3.15. The van der Waals surface area contributed by atoms with Crippen LogP contribution in [0.2, 0.25) is 0 Å². The van der Waals surface area contributed by atoms with Crippen LogP contribution >= 0.6 is 15.9 Å². The molecule has 100 valence electrons. The summed E-state index contributed by atoms with van der Waals surface area (Å²) in [5, 5.41) is 3.32. The van der Waals surface area contributed by atoms with Gasteiger partial charge in [-0.2, -0.15) is 0 Å². The van der Waals surface area contributed by atoms with E-state index in [9.17, 15) is 0 Å². The molecule has 1 saturated heterocycles. The molecule has 2 rings (SSSR count). The minimum Gasteiger partial charge on any atom is -0.496 e. The van der Waals surface area contributed by atoms with Crippen molar-refractivity contribution in [1.82, 2.24) is 5.32 Å². The van der Waals surface area contributed by atoms with Crippen LogP contribution in [0.3, 0.4) is 0 Å². The Morgan fingerprint density at radius 3 is 2.72 bits per heavy atom. The van der Waals surface area contributed by atoms with Crippen LogP contribution in [0.25, 0.3) is 0 Å². The summed E-state index contributed by atoms with van der Waals surface area (Å²) in [5.74, 6) is 1.66. The van der Waals surface area contributed by atoms with Crippen molar-refractivity contribution in [3.63, 3.8) is 0 Å². The molecule has 0 aliphatic carbocycles. The number of benzene rings is 1. The number of hydrogen-bond donors (Lipinski definition) is 1.